The zero-order valence-corrected chi connectivity index (χ0v) is 9.56. The van der Waals surface area contributed by atoms with Gasteiger partial charge in [0.1, 0.15) is 0 Å². The van der Waals surface area contributed by atoms with E-state index in [0.29, 0.717) is 0 Å². The smallest absolute Gasteiger partial charge is 0.0997 e. The predicted molar refractivity (Wildman–Crippen MR) is 69.4 cm³/mol. The number of hydrogen-bond donors (Lipinski definition) is 0. The normalized spacial score (nSPS) is 11.3. The molecule has 0 saturated heterocycles. The first kappa shape index (κ1) is 9.41. The predicted octanol–water partition coefficient (Wildman–Crippen LogP) is 2.65. The molecule has 0 atom stereocenters. The summed E-state index contributed by atoms with van der Waals surface area (Å²) in [7, 11) is 0. The third kappa shape index (κ3) is 1.20. The minimum Gasteiger partial charge on any atom is -0.299 e. The van der Waals surface area contributed by atoms with Crippen molar-refractivity contribution in [3.63, 3.8) is 0 Å². The van der Waals surface area contributed by atoms with Gasteiger partial charge in [0.15, 0.2) is 0 Å². The third-order valence-corrected chi connectivity index (χ3v) is 3.15. The molecule has 0 aliphatic carbocycles. The Labute approximate surface area is 103 Å². The molecule has 0 spiro atoms. The van der Waals surface area contributed by atoms with Gasteiger partial charge in [-0.1, -0.05) is 12.1 Å². The van der Waals surface area contributed by atoms with Crippen LogP contribution < -0.4 is 0 Å². The Morgan fingerprint density at radius 2 is 1.94 bits per heavy atom. The van der Waals surface area contributed by atoms with Gasteiger partial charge in [0.2, 0.25) is 0 Å². The van der Waals surface area contributed by atoms with Crippen LogP contribution in [0.15, 0.2) is 61.3 Å². The minimum atomic E-state index is 1.09. The zero-order chi connectivity index (χ0) is 11.9. The SMILES string of the molecule is c1ccn2ncc(-c3cccc4cncn34)c2c1. The molecule has 0 aromatic carbocycles. The summed E-state index contributed by atoms with van der Waals surface area (Å²) in [5.74, 6) is 0. The molecule has 0 saturated carbocycles. The number of hydrogen-bond acceptors (Lipinski definition) is 2. The summed E-state index contributed by atoms with van der Waals surface area (Å²) in [6.45, 7) is 0. The van der Waals surface area contributed by atoms with E-state index in [4.69, 9.17) is 0 Å². The van der Waals surface area contributed by atoms with Crippen LogP contribution >= 0.6 is 0 Å². The fourth-order valence-corrected chi connectivity index (χ4v) is 2.30. The first-order valence-electron chi connectivity index (χ1n) is 5.77. The van der Waals surface area contributed by atoms with E-state index in [1.165, 1.54) is 0 Å². The molecule has 18 heavy (non-hydrogen) atoms. The highest BCUT2D eigenvalue weighted by molar-refractivity contribution is 5.79. The Bertz CT molecular complexity index is 841. The lowest BCUT2D eigenvalue weighted by atomic mass is 10.1. The summed E-state index contributed by atoms with van der Waals surface area (Å²) < 4.78 is 3.95. The lowest BCUT2D eigenvalue weighted by Gasteiger charge is -2.03. The van der Waals surface area contributed by atoms with Crippen molar-refractivity contribution in [1.82, 2.24) is 19.0 Å². The summed E-state index contributed by atoms with van der Waals surface area (Å²) in [6, 6.07) is 12.2. The van der Waals surface area contributed by atoms with Crippen LogP contribution in [-0.2, 0) is 0 Å². The van der Waals surface area contributed by atoms with E-state index in [9.17, 15) is 0 Å². The number of fused-ring (bicyclic) bond motifs is 2. The number of rotatable bonds is 1. The van der Waals surface area contributed by atoms with Crippen molar-refractivity contribution in [2.45, 2.75) is 0 Å². The van der Waals surface area contributed by atoms with Crippen molar-refractivity contribution >= 4 is 11.0 Å². The summed E-state index contributed by atoms with van der Waals surface area (Å²) in [4.78, 5) is 4.19. The average Bonchev–Trinajstić information content (AvgIpc) is 3.05. The molecule has 0 aliphatic rings. The maximum Gasteiger partial charge on any atom is 0.0997 e. The van der Waals surface area contributed by atoms with Crippen LogP contribution in [0.2, 0.25) is 0 Å². The highest BCUT2D eigenvalue weighted by Gasteiger charge is 2.08. The molecule has 0 radical (unpaired) electrons. The monoisotopic (exact) mass is 234 g/mol. The summed E-state index contributed by atoms with van der Waals surface area (Å²) >= 11 is 0. The highest BCUT2D eigenvalue weighted by atomic mass is 15.2. The molecule has 4 aromatic rings. The van der Waals surface area contributed by atoms with E-state index in [1.54, 1.807) is 0 Å². The van der Waals surface area contributed by atoms with Crippen molar-refractivity contribution in [2.24, 2.45) is 0 Å². The van der Waals surface area contributed by atoms with Crippen molar-refractivity contribution in [2.75, 3.05) is 0 Å². The molecule has 0 fully saturated rings. The van der Waals surface area contributed by atoms with E-state index in [-0.39, 0.29) is 0 Å². The molecule has 0 unspecified atom stereocenters. The Morgan fingerprint density at radius 3 is 2.94 bits per heavy atom. The second kappa shape index (κ2) is 3.43. The van der Waals surface area contributed by atoms with E-state index < -0.39 is 0 Å². The van der Waals surface area contributed by atoms with Crippen LogP contribution in [0.1, 0.15) is 0 Å². The Balaban J connectivity index is 2.10. The molecule has 0 amide bonds. The van der Waals surface area contributed by atoms with Crippen molar-refractivity contribution in [1.29, 1.82) is 0 Å². The van der Waals surface area contributed by atoms with Crippen LogP contribution in [-0.4, -0.2) is 19.0 Å². The summed E-state index contributed by atoms with van der Waals surface area (Å²) in [6.07, 6.45) is 7.53. The van der Waals surface area contributed by atoms with Crippen molar-refractivity contribution in [3.05, 3.63) is 61.3 Å². The van der Waals surface area contributed by atoms with Gasteiger partial charge in [0, 0.05) is 11.8 Å². The highest BCUT2D eigenvalue weighted by Crippen LogP contribution is 2.24. The molecule has 4 heteroatoms. The zero-order valence-electron chi connectivity index (χ0n) is 9.56. The minimum absolute atomic E-state index is 1.09. The fraction of sp³-hybridized carbons (Fsp3) is 0. The van der Waals surface area contributed by atoms with Gasteiger partial charge in [-0.15, -0.1) is 0 Å². The van der Waals surface area contributed by atoms with E-state index in [1.807, 2.05) is 53.7 Å². The maximum atomic E-state index is 4.37. The van der Waals surface area contributed by atoms with Gasteiger partial charge in [0.05, 0.1) is 35.4 Å². The number of aromatic nitrogens is 4. The molecule has 0 bridgehead atoms. The lowest BCUT2D eigenvalue weighted by molar-refractivity contribution is 0.961. The van der Waals surface area contributed by atoms with Crippen LogP contribution in [0.3, 0.4) is 0 Å². The number of pyridine rings is 2. The topological polar surface area (TPSA) is 34.6 Å². The van der Waals surface area contributed by atoms with Crippen molar-refractivity contribution < 1.29 is 0 Å². The van der Waals surface area contributed by atoms with Gasteiger partial charge < -0.3 is 0 Å². The second-order valence-corrected chi connectivity index (χ2v) is 4.19. The molecule has 4 nitrogen and oxygen atoms in total. The van der Waals surface area contributed by atoms with Gasteiger partial charge >= 0.3 is 0 Å². The first-order chi connectivity index (χ1) is 8.93. The fourth-order valence-electron chi connectivity index (χ4n) is 2.30. The molecule has 4 heterocycles. The van der Waals surface area contributed by atoms with E-state index in [0.717, 1.165) is 22.3 Å². The van der Waals surface area contributed by atoms with Crippen LogP contribution in [0.25, 0.3) is 22.3 Å². The summed E-state index contributed by atoms with van der Waals surface area (Å²) in [5.41, 5.74) is 4.40. The average molecular weight is 234 g/mol. The maximum absolute atomic E-state index is 4.37. The molecule has 4 aromatic heterocycles. The van der Waals surface area contributed by atoms with Crippen LogP contribution in [0.5, 0.6) is 0 Å². The van der Waals surface area contributed by atoms with Gasteiger partial charge in [-0.05, 0) is 24.3 Å². The largest absolute Gasteiger partial charge is 0.299 e. The van der Waals surface area contributed by atoms with E-state index >= 15 is 0 Å². The second-order valence-electron chi connectivity index (χ2n) is 4.19. The molecular weight excluding hydrogens is 224 g/mol. The number of imidazole rings is 1. The van der Waals surface area contributed by atoms with Gasteiger partial charge in [-0.25, -0.2) is 9.50 Å². The third-order valence-electron chi connectivity index (χ3n) is 3.15. The van der Waals surface area contributed by atoms with Crippen LogP contribution in [0.4, 0.5) is 0 Å². The molecule has 0 N–H and O–H groups in total. The summed E-state index contributed by atoms with van der Waals surface area (Å²) in [5, 5.41) is 4.37. The molecular formula is C14H10N4. The molecule has 0 aliphatic heterocycles. The first-order valence-corrected chi connectivity index (χ1v) is 5.77. The quantitative estimate of drug-likeness (QED) is 0.507. The Kier molecular flexibility index (Phi) is 1.80. The number of nitrogens with zero attached hydrogens (tertiary/aromatic N) is 4. The van der Waals surface area contributed by atoms with Gasteiger partial charge in [0.25, 0.3) is 0 Å². The molecule has 86 valence electrons. The van der Waals surface area contributed by atoms with E-state index in [2.05, 4.69) is 26.6 Å². The lowest BCUT2D eigenvalue weighted by Crippen LogP contribution is -1.89. The van der Waals surface area contributed by atoms with Crippen LogP contribution in [0, 0.1) is 0 Å². The standard InChI is InChI=1S/C14H10N4/c1-2-7-18-14(5-1)12(9-16-18)13-6-3-4-11-8-15-10-17(11)13/h1-10H. The Morgan fingerprint density at radius 1 is 0.944 bits per heavy atom. The molecule has 4 rings (SSSR count). The Hall–Kier alpha value is -2.62. The van der Waals surface area contributed by atoms with Crippen molar-refractivity contribution in [3.8, 4) is 11.3 Å². The van der Waals surface area contributed by atoms with Gasteiger partial charge in [-0.3, -0.25) is 4.40 Å². The van der Waals surface area contributed by atoms with Gasteiger partial charge in [-0.2, -0.15) is 5.10 Å².